The summed E-state index contributed by atoms with van der Waals surface area (Å²) in [5.41, 5.74) is 4.34. The third-order valence-electron chi connectivity index (χ3n) is 3.78. The van der Waals surface area contributed by atoms with Crippen LogP contribution < -0.4 is 0 Å². The van der Waals surface area contributed by atoms with E-state index < -0.39 is 0 Å². The van der Waals surface area contributed by atoms with Gasteiger partial charge in [-0.15, -0.1) is 0 Å². The highest BCUT2D eigenvalue weighted by Crippen LogP contribution is 2.30. The minimum atomic E-state index is 0.498. The molecule has 0 aliphatic rings. The van der Waals surface area contributed by atoms with Gasteiger partial charge in [0, 0.05) is 5.92 Å². The van der Waals surface area contributed by atoms with E-state index in [4.69, 9.17) is 0 Å². The molecule has 0 radical (unpaired) electrons. The monoisotopic (exact) mass is 264 g/mol. The average Bonchev–Trinajstić information content (AvgIpc) is 2.50. The fourth-order valence-electron chi connectivity index (χ4n) is 2.72. The van der Waals surface area contributed by atoms with Crippen LogP contribution in [0.15, 0.2) is 72.3 Å². The van der Waals surface area contributed by atoms with Gasteiger partial charge in [0.1, 0.15) is 0 Å². The fourth-order valence-corrected chi connectivity index (χ4v) is 2.72. The predicted molar refractivity (Wildman–Crippen MR) is 88.0 cm³/mol. The van der Waals surface area contributed by atoms with Gasteiger partial charge in [-0.2, -0.15) is 0 Å². The molecular weight excluding hydrogens is 240 g/mol. The van der Waals surface area contributed by atoms with Crippen LogP contribution in [0, 0.1) is 0 Å². The molecule has 0 N–H and O–H groups in total. The first-order chi connectivity index (χ1) is 9.81. The second kappa shape index (κ2) is 7.69. The fraction of sp³-hybridized carbons (Fsp3) is 0.300. The van der Waals surface area contributed by atoms with Gasteiger partial charge in [0.2, 0.25) is 0 Å². The largest absolute Gasteiger partial charge is 0.0859 e. The summed E-state index contributed by atoms with van der Waals surface area (Å²) < 4.78 is 0. The lowest BCUT2D eigenvalue weighted by Gasteiger charge is -2.18. The molecule has 0 nitrogen and oxygen atoms in total. The van der Waals surface area contributed by atoms with Crippen molar-refractivity contribution < 1.29 is 0 Å². The summed E-state index contributed by atoms with van der Waals surface area (Å²) in [4.78, 5) is 0. The third kappa shape index (κ3) is 4.09. The van der Waals surface area contributed by atoms with Crippen molar-refractivity contribution in [3.63, 3.8) is 0 Å². The molecule has 0 aliphatic heterocycles. The number of allylic oxidation sites excluding steroid dienone is 2. The topological polar surface area (TPSA) is 0 Å². The van der Waals surface area contributed by atoms with E-state index in [0.29, 0.717) is 5.92 Å². The molecule has 0 heteroatoms. The van der Waals surface area contributed by atoms with E-state index in [1.165, 1.54) is 29.5 Å². The van der Waals surface area contributed by atoms with Crippen LogP contribution >= 0.6 is 0 Å². The van der Waals surface area contributed by atoms with Crippen molar-refractivity contribution in [2.24, 2.45) is 0 Å². The van der Waals surface area contributed by atoms with E-state index in [-0.39, 0.29) is 0 Å². The third-order valence-corrected chi connectivity index (χ3v) is 3.78. The normalized spacial score (nSPS) is 11.8. The van der Waals surface area contributed by atoms with Crippen LogP contribution in [0.3, 0.4) is 0 Å². The molecule has 2 aromatic rings. The Kier molecular flexibility index (Phi) is 5.61. The Morgan fingerprint density at radius 1 is 0.900 bits per heavy atom. The molecule has 0 atom stereocenters. The van der Waals surface area contributed by atoms with Crippen molar-refractivity contribution in [1.29, 1.82) is 0 Å². The summed E-state index contributed by atoms with van der Waals surface area (Å²) in [6.45, 7) is 4.45. The minimum absolute atomic E-state index is 0.498. The molecule has 0 fully saturated rings. The van der Waals surface area contributed by atoms with E-state index in [2.05, 4.69) is 80.6 Å². The van der Waals surface area contributed by atoms with Crippen LogP contribution in [-0.4, -0.2) is 0 Å². The Labute approximate surface area is 123 Å². The van der Waals surface area contributed by atoms with Gasteiger partial charge in [0.15, 0.2) is 0 Å². The van der Waals surface area contributed by atoms with Gasteiger partial charge in [-0.05, 0) is 37.3 Å². The lowest BCUT2D eigenvalue weighted by molar-refractivity contribution is 0.709. The molecule has 0 aliphatic carbocycles. The Morgan fingerprint density at radius 2 is 1.40 bits per heavy atom. The molecule has 0 saturated heterocycles. The molecule has 0 aromatic heterocycles. The summed E-state index contributed by atoms with van der Waals surface area (Å²) in [5, 5.41) is 0. The van der Waals surface area contributed by atoms with Gasteiger partial charge in [-0.1, -0.05) is 79.2 Å². The highest BCUT2D eigenvalue weighted by molar-refractivity contribution is 5.32. The maximum absolute atomic E-state index is 2.34. The lowest BCUT2D eigenvalue weighted by Crippen LogP contribution is -2.01. The molecule has 0 spiro atoms. The van der Waals surface area contributed by atoms with Crippen molar-refractivity contribution >= 4 is 0 Å². The molecule has 0 bridgehead atoms. The second-order valence-corrected chi connectivity index (χ2v) is 5.37. The van der Waals surface area contributed by atoms with Gasteiger partial charge in [-0.3, -0.25) is 0 Å². The first kappa shape index (κ1) is 14.6. The summed E-state index contributed by atoms with van der Waals surface area (Å²) in [6.07, 6.45) is 5.82. The van der Waals surface area contributed by atoms with Crippen molar-refractivity contribution in [2.75, 3.05) is 0 Å². The van der Waals surface area contributed by atoms with Gasteiger partial charge in [0.05, 0.1) is 0 Å². The molecule has 2 rings (SSSR count). The molecule has 0 heterocycles. The van der Waals surface area contributed by atoms with Gasteiger partial charge < -0.3 is 0 Å². The number of hydrogen-bond donors (Lipinski definition) is 0. The smallest absolute Gasteiger partial charge is 0.00923 e. The van der Waals surface area contributed by atoms with Gasteiger partial charge in [0.25, 0.3) is 0 Å². The SMILES string of the molecule is CCC=C(C)CCC(c1ccccc1)c1ccccc1. The van der Waals surface area contributed by atoms with Crippen LogP contribution in [0.5, 0.6) is 0 Å². The van der Waals surface area contributed by atoms with E-state index in [9.17, 15) is 0 Å². The molecule has 2 aromatic carbocycles. The Morgan fingerprint density at radius 3 is 1.85 bits per heavy atom. The molecule has 0 unspecified atom stereocenters. The Bertz CT molecular complexity index is 483. The van der Waals surface area contributed by atoms with Crippen LogP contribution in [0.25, 0.3) is 0 Å². The van der Waals surface area contributed by atoms with Crippen molar-refractivity contribution in [1.82, 2.24) is 0 Å². The van der Waals surface area contributed by atoms with E-state index in [1.807, 2.05) is 0 Å². The van der Waals surface area contributed by atoms with Gasteiger partial charge in [-0.25, -0.2) is 0 Å². The zero-order valence-corrected chi connectivity index (χ0v) is 12.5. The van der Waals surface area contributed by atoms with Crippen molar-refractivity contribution in [2.45, 2.75) is 39.0 Å². The second-order valence-electron chi connectivity index (χ2n) is 5.37. The number of benzene rings is 2. The molecule has 20 heavy (non-hydrogen) atoms. The summed E-state index contributed by atoms with van der Waals surface area (Å²) in [6, 6.07) is 21.7. The van der Waals surface area contributed by atoms with Crippen LogP contribution in [-0.2, 0) is 0 Å². The van der Waals surface area contributed by atoms with Crippen molar-refractivity contribution in [3.05, 3.63) is 83.4 Å². The number of hydrogen-bond acceptors (Lipinski definition) is 0. The highest BCUT2D eigenvalue weighted by Gasteiger charge is 2.13. The summed E-state index contributed by atoms with van der Waals surface area (Å²) in [7, 11) is 0. The Balaban J connectivity index is 2.20. The van der Waals surface area contributed by atoms with E-state index >= 15 is 0 Å². The summed E-state index contributed by atoms with van der Waals surface area (Å²) in [5.74, 6) is 0.498. The first-order valence-electron chi connectivity index (χ1n) is 7.56. The molecule has 0 saturated carbocycles. The summed E-state index contributed by atoms with van der Waals surface area (Å²) >= 11 is 0. The molecule has 0 amide bonds. The van der Waals surface area contributed by atoms with E-state index in [0.717, 1.165) is 6.42 Å². The maximum Gasteiger partial charge on any atom is 0.00923 e. The predicted octanol–water partition coefficient (Wildman–Crippen LogP) is 5.96. The zero-order chi connectivity index (χ0) is 14.2. The zero-order valence-electron chi connectivity index (χ0n) is 12.5. The lowest BCUT2D eigenvalue weighted by atomic mass is 9.86. The minimum Gasteiger partial charge on any atom is -0.0859 e. The van der Waals surface area contributed by atoms with Crippen LogP contribution in [0.4, 0.5) is 0 Å². The van der Waals surface area contributed by atoms with Crippen LogP contribution in [0.2, 0.25) is 0 Å². The molecule has 104 valence electrons. The van der Waals surface area contributed by atoms with Crippen LogP contribution in [0.1, 0.15) is 50.2 Å². The first-order valence-corrected chi connectivity index (χ1v) is 7.56. The van der Waals surface area contributed by atoms with Gasteiger partial charge >= 0.3 is 0 Å². The standard InChI is InChI=1S/C20H24/c1-3-10-17(2)15-16-20(18-11-6-4-7-12-18)19-13-8-5-9-14-19/h4-14,20H,3,15-16H2,1-2H3. The maximum atomic E-state index is 2.34. The Hall–Kier alpha value is -1.82. The average molecular weight is 264 g/mol. The quantitative estimate of drug-likeness (QED) is 0.565. The van der Waals surface area contributed by atoms with Crippen molar-refractivity contribution in [3.8, 4) is 0 Å². The van der Waals surface area contributed by atoms with E-state index in [1.54, 1.807) is 0 Å². The number of rotatable bonds is 6. The highest BCUT2D eigenvalue weighted by atomic mass is 14.2. The molecular formula is C20H24.